The summed E-state index contributed by atoms with van der Waals surface area (Å²) in [6.45, 7) is 4.23. The van der Waals surface area contributed by atoms with Crippen molar-refractivity contribution in [3.63, 3.8) is 0 Å². The van der Waals surface area contributed by atoms with Gasteiger partial charge in [0, 0.05) is 23.5 Å². The van der Waals surface area contributed by atoms with Crippen molar-refractivity contribution in [3.8, 4) is 0 Å². The summed E-state index contributed by atoms with van der Waals surface area (Å²) in [7, 11) is 0. The molecule has 1 aromatic carbocycles. The van der Waals surface area contributed by atoms with Gasteiger partial charge in [-0.3, -0.25) is 14.2 Å². The van der Waals surface area contributed by atoms with E-state index in [4.69, 9.17) is 0 Å². The summed E-state index contributed by atoms with van der Waals surface area (Å²) in [4.78, 5) is 33.4. The number of rotatable bonds is 4. The zero-order valence-electron chi connectivity index (χ0n) is 14.8. The second-order valence-corrected chi connectivity index (χ2v) is 7.77. The highest BCUT2D eigenvalue weighted by Crippen LogP contribution is 2.21. The van der Waals surface area contributed by atoms with E-state index in [0.717, 1.165) is 42.7 Å². The van der Waals surface area contributed by atoms with E-state index in [1.54, 1.807) is 22.2 Å². The highest BCUT2D eigenvalue weighted by molar-refractivity contribution is 7.18. The highest BCUT2D eigenvalue weighted by atomic mass is 32.1. The molecule has 134 valence electrons. The Kier molecular flexibility index (Phi) is 4.59. The molecular formula is C20H21N3O2S. The van der Waals surface area contributed by atoms with Crippen LogP contribution >= 0.6 is 11.3 Å². The standard InChI is InChI=1S/C20H21N3O2S/c1-2-16-11-17-18(26-16)21-13-23(20(17)25)12-14-5-7-15(8-6-14)19(24)22-9-3-4-10-22/h5-8,11,13H,2-4,9-10,12H2,1H3. The Morgan fingerprint density at radius 3 is 2.62 bits per heavy atom. The number of benzene rings is 1. The average molecular weight is 367 g/mol. The summed E-state index contributed by atoms with van der Waals surface area (Å²) in [5, 5.41) is 0.690. The van der Waals surface area contributed by atoms with E-state index in [-0.39, 0.29) is 11.5 Å². The quantitative estimate of drug-likeness (QED) is 0.711. The summed E-state index contributed by atoms with van der Waals surface area (Å²) in [5.74, 6) is 0.0969. The Balaban J connectivity index is 1.55. The molecular weight excluding hydrogens is 346 g/mol. The first-order valence-electron chi connectivity index (χ1n) is 9.02. The molecule has 3 aromatic rings. The smallest absolute Gasteiger partial charge is 0.262 e. The van der Waals surface area contributed by atoms with Crippen molar-refractivity contribution in [2.75, 3.05) is 13.1 Å². The van der Waals surface area contributed by atoms with Gasteiger partial charge < -0.3 is 4.90 Å². The van der Waals surface area contributed by atoms with Gasteiger partial charge in [0.25, 0.3) is 11.5 Å². The molecule has 6 heteroatoms. The zero-order valence-corrected chi connectivity index (χ0v) is 15.6. The van der Waals surface area contributed by atoms with Gasteiger partial charge in [-0.25, -0.2) is 4.98 Å². The topological polar surface area (TPSA) is 55.2 Å². The SMILES string of the molecule is CCc1cc2c(=O)n(Cc3ccc(C(=O)N4CCCC4)cc3)cnc2s1. The minimum Gasteiger partial charge on any atom is -0.339 e. The van der Waals surface area contributed by atoms with Crippen molar-refractivity contribution in [1.29, 1.82) is 0 Å². The van der Waals surface area contributed by atoms with Crippen molar-refractivity contribution >= 4 is 27.5 Å². The van der Waals surface area contributed by atoms with Crippen LogP contribution in [0.5, 0.6) is 0 Å². The van der Waals surface area contributed by atoms with Crippen molar-refractivity contribution in [2.45, 2.75) is 32.7 Å². The third-order valence-electron chi connectivity index (χ3n) is 4.86. The number of amides is 1. The van der Waals surface area contributed by atoms with Gasteiger partial charge in [0.2, 0.25) is 0 Å². The number of carbonyl (C=O) groups excluding carboxylic acids is 1. The Morgan fingerprint density at radius 1 is 1.19 bits per heavy atom. The fourth-order valence-corrected chi connectivity index (χ4v) is 4.27. The number of likely N-dealkylation sites (tertiary alicyclic amines) is 1. The molecule has 1 amide bonds. The number of thiophene rings is 1. The monoisotopic (exact) mass is 367 g/mol. The maximum Gasteiger partial charge on any atom is 0.262 e. The molecule has 0 spiro atoms. The van der Waals surface area contributed by atoms with Gasteiger partial charge in [-0.2, -0.15) is 0 Å². The number of nitrogens with zero attached hydrogens (tertiary/aromatic N) is 3. The van der Waals surface area contributed by atoms with Gasteiger partial charge >= 0.3 is 0 Å². The second-order valence-electron chi connectivity index (χ2n) is 6.66. The predicted octanol–water partition coefficient (Wildman–Crippen LogP) is 3.30. The van der Waals surface area contributed by atoms with Crippen LogP contribution in [0.3, 0.4) is 0 Å². The van der Waals surface area contributed by atoms with Crippen LogP contribution in [0.25, 0.3) is 10.2 Å². The molecule has 0 bridgehead atoms. The van der Waals surface area contributed by atoms with Crippen molar-refractivity contribution in [3.05, 3.63) is 63.0 Å². The number of hydrogen-bond donors (Lipinski definition) is 0. The van der Waals surface area contributed by atoms with E-state index in [1.807, 2.05) is 35.2 Å². The third-order valence-corrected chi connectivity index (χ3v) is 6.05. The molecule has 4 rings (SSSR count). The molecule has 5 nitrogen and oxygen atoms in total. The molecule has 0 atom stereocenters. The maximum absolute atomic E-state index is 12.7. The van der Waals surface area contributed by atoms with Gasteiger partial charge in [0.05, 0.1) is 18.3 Å². The number of aromatic nitrogens is 2. The zero-order chi connectivity index (χ0) is 18.1. The normalized spacial score (nSPS) is 14.3. The first-order valence-corrected chi connectivity index (χ1v) is 9.83. The lowest BCUT2D eigenvalue weighted by Crippen LogP contribution is -2.27. The number of aryl methyl sites for hydroxylation is 1. The van der Waals surface area contributed by atoms with E-state index >= 15 is 0 Å². The van der Waals surface area contributed by atoms with Crippen LogP contribution in [0.4, 0.5) is 0 Å². The van der Waals surface area contributed by atoms with Gasteiger partial charge in [-0.1, -0.05) is 19.1 Å². The lowest BCUT2D eigenvalue weighted by atomic mass is 10.1. The molecule has 0 radical (unpaired) electrons. The Morgan fingerprint density at radius 2 is 1.92 bits per heavy atom. The fraction of sp³-hybridized carbons (Fsp3) is 0.350. The summed E-state index contributed by atoms with van der Waals surface area (Å²) in [6, 6.07) is 9.50. The summed E-state index contributed by atoms with van der Waals surface area (Å²) in [6.07, 6.45) is 4.70. The first kappa shape index (κ1) is 17.0. The van der Waals surface area contributed by atoms with Gasteiger partial charge in [0.15, 0.2) is 0 Å². The van der Waals surface area contributed by atoms with Crippen LogP contribution in [-0.2, 0) is 13.0 Å². The number of carbonyl (C=O) groups is 1. The highest BCUT2D eigenvalue weighted by Gasteiger charge is 2.19. The van der Waals surface area contributed by atoms with Crippen molar-refractivity contribution < 1.29 is 4.79 Å². The van der Waals surface area contributed by atoms with Gasteiger partial charge in [-0.15, -0.1) is 11.3 Å². The van der Waals surface area contributed by atoms with E-state index in [1.165, 1.54) is 4.88 Å². The van der Waals surface area contributed by atoms with E-state index in [0.29, 0.717) is 17.5 Å². The molecule has 0 unspecified atom stereocenters. The third kappa shape index (κ3) is 3.17. The molecule has 1 fully saturated rings. The minimum absolute atomic E-state index is 0.0110. The molecule has 2 aromatic heterocycles. The lowest BCUT2D eigenvalue weighted by Gasteiger charge is -2.15. The van der Waals surface area contributed by atoms with Crippen molar-refractivity contribution in [1.82, 2.24) is 14.5 Å². The van der Waals surface area contributed by atoms with E-state index in [2.05, 4.69) is 11.9 Å². The van der Waals surface area contributed by atoms with E-state index in [9.17, 15) is 9.59 Å². The van der Waals surface area contributed by atoms with Gasteiger partial charge in [0.1, 0.15) is 4.83 Å². The lowest BCUT2D eigenvalue weighted by molar-refractivity contribution is 0.0793. The Bertz CT molecular complexity index is 998. The van der Waals surface area contributed by atoms with Crippen LogP contribution in [0.2, 0.25) is 0 Å². The van der Waals surface area contributed by atoms with Crippen molar-refractivity contribution in [2.24, 2.45) is 0 Å². The van der Waals surface area contributed by atoms with Crippen LogP contribution < -0.4 is 5.56 Å². The predicted molar refractivity (Wildman–Crippen MR) is 104 cm³/mol. The van der Waals surface area contributed by atoms with Crippen LogP contribution in [-0.4, -0.2) is 33.4 Å². The van der Waals surface area contributed by atoms with Gasteiger partial charge in [-0.05, 0) is 43.0 Å². The summed E-state index contributed by atoms with van der Waals surface area (Å²) < 4.78 is 1.63. The van der Waals surface area contributed by atoms with E-state index < -0.39 is 0 Å². The number of hydrogen-bond acceptors (Lipinski definition) is 4. The molecule has 0 aliphatic carbocycles. The molecule has 1 aliphatic heterocycles. The minimum atomic E-state index is -0.0110. The second kappa shape index (κ2) is 7.03. The molecule has 26 heavy (non-hydrogen) atoms. The fourth-order valence-electron chi connectivity index (χ4n) is 3.35. The Hall–Kier alpha value is -2.47. The largest absolute Gasteiger partial charge is 0.339 e. The number of fused-ring (bicyclic) bond motifs is 1. The molecule has 0 N–H and O–H groups in total. The summed E-state index contributed by atoms with van der Waals surface area (Å²) in [5.41, 5.74) is 1.68. The Labute approximate surface area is 155 Å². The van der Waals surface area contributed by atoms with Crippen LogP contribution in [0, 0.1) is 0 Å². The summed E-state index contributed by atoms with van der Waals surface area (Å²) >= 11 is 1.58. The van der Waals surface area contributed by atoms with Crippen LogP contribution in [0.1, 0.15) is 40.6 Å². The average Bonchev–Trinajstić information content (AvgIpc) is 3.34. The molecule has 1 aliphatic rings. The first-order chi connectivity index (χ1) is 12.7. The molecule has 0 saturated carbocycles. The molecule has 3 heterocycles. The maximum atomic E-state index is 12.7. The molecule has 1 saturated heterocycles. The van der Waals surface area contributed by atoms with Crippen LogP contribution in [0.15, 0.2) is 41.5 Å².